The second-order valence-corrected chi connectivity index (χ2v) is 6.62. The van der Waals surface area contributed by atoms with E-state index in [1.165, 1.54) is 0 Å². The number of methoxy groups -OCH3 is 1. The van der Waals surface area contributed by atoms with Gasteiger partial charge in [-0.1, -0.05) is 26.8 Å². The summed E-state index contributed by atoms with van der Waals surface area (Å²) < 4.78 is 5.13. The van der Waals surface area contributed by atoms with Gasteiger partial charge >= 0.3 is 0 Å². The van der Waals surface area contributed by atoms with E-state index in [9.17, 15) is 4.79 Å². The van der Waals surface area contributed by atoms with E-state index in [2.05, 4.69) is 20.5 Å². The number of anilines is 2. The van der Waals surface area contributed by atoms with Gasteiger partial charge in [-0.3, -0.25) is 9.89 Å². The zero-order chi connectivity index (χ0) is 17.3. The van der Waals surface area contributed by atoms with Crippen LogP contribution in [0.25, 0.3) is 0 Å². The Labute approximate surface area is 141 Å². The van der Waals surface area contributed by atoms with Crippen LogP contribution in [-0.4, -0.2) is 33.1 Å². The van der Waals surface area contributed by atoms with Crippen molar-refractivity contribution in [2.24, 2.45) is 5.41 Å². The Bertz CT molecular complexity index is 753. The molecule has 1 aliphatic rings. The normalized spacial score (nSPS) is 13.8. The third-order valence-electron chi connectivity index (χ3n) is 4.58. The van der Waals surface area contributed by atoms with Crippen LogP contribution in [0.5, 0.6) is 5.88 Å². The van der Waals surface area contributed by atoms with Gasteiger partial charge in [0, 0.05) is 17.0 Å². The standard InChI is InChI=1S/C17H23N5O2/c1-5-17(2,3)16(23)22-9-11-12(10-22)20-21-15(11)19-13-7-6-8-14(18-13)24-4/h6-8H,5,9-10H2,1-4H3,(H2,18,19,20,21). The van der Waals surface area contributed by atoms with Crippen LogP contribution in [0.3, 0.4) is 0 Å². The van der Waals surface area contributed by atoms with Gasteiger partial charge in [0.15, 0.2) is 5.82 Å². The van der Waals surface area contributed by atoms with Crippen molar-refractivity contribution in [2.45, 2.75) is 40.3 Å². The molecule has 0 unspecified atom stereocenters. The van der Waals surface area contributed by atoms with Crippen LogP contribution < -0.4 is 10.1 Å². The number of fused-ring (bicyclic) bond motifs is 1. The summed E-state index contributed by atoms with van der Waals surface area (Å²) in [5, 5.41) is 10.5. The van der Waals surface area contributed by atoms with Gasteiger partial charge in [0.05, 0.1) is 25.9 Å². The summed E-state index contributed by atoms with van der Waals surface area (Å²) in [5.74, 6) is 2.06. The lowest BCUT2D eigenvalue weighted by Gasteiger charge is -2.27. The molecule has 0 fully saturated rings. The monoisotopic (exact) mass is 329 g/mol. The molecule has 2 aromatic rings. The lowest BCUT2D eigenvalue weighted by molar-refractivity contribution is -0.141. The van der Waals surface area contributed by atoms with Gasteiger partial charge in [-0.05, 0) is 12.5 Å². The zero-order valence-corrected chi connectivity index (χ0v) is 14.5. The molecule has 2 N–H and O–H groups in total. The van der Waals surface area contributed by atoms with Gasteiger partial charge in [0.1, 0.15) is 5.82 Å². The van der Waals surface area contributed by atoms with Crippen molar-refractivity contribution in [1.29, 1.82) is 0 Å². The summed E-state index contributed by atoms with van der Waals surface area (Å²) in [4.78, 5) is 18.9. The van der Waals surface area contributed by atoms with Crippen molar-refractivity contribution >= 4 is 17.5 Å². The van der Waals surface area contributed by atoms with Crippen LogP contribution in [0.15, 0.2) is 18.2 Å². The largest absolute Gasteiger partial charge is 0.481 e. The minimum atomic E-state index is -0.348. The molecule has 1 amide bonds. The first-order valence-electron chi connectivity index (χ1n) is 8.08. The Kier molecular flexibility index (Phi) is 4.17. The smallest absolute Gasteiger partial charge is 0.228 e. The maximum atomic E-state index is 12.7. The van der Waals surface area contributed by atoms with E-state index in [0.717, 1.165) is 17.7 Å². The summed E-state index contributed by atoms with van der Waals surface area (Å²) in [6, 6.07) is 5.50. The minimum absolute atomic E-state index is 0.167. The molecule has 0 spiro atoms. The van der Waals surface area contributed by atoms with E-state index in [4.69, 9.17) is 4.74 Å². The highest BCUT2D eigenvalue weighted by Crippen LogP contribution is 2.33. The Morgan fingerprint density at radius 3 is 2.92 bits per heavy atom. The number of rotatable bonds is 5. The van der Waals surface area contributed by atoms with Gasteiger partial charge in [0.25, 0.3) is 0 Å². The molecule has 7 heteroatoms. The van der Waals surface area contributed by atoms with Crippen molar-refractivity contribution in [1.82, 2.24) is 20.1 Å². The van der Waals surface area contributed by atoms with Crippen molar-refractivity contribution in [3.63, 3.8) is 0 Å². The van der Waals surface area contributed by atoms with Crippen molar-refractivity contribution < 1.29 is 9.53 Å². The zero-order valence-electron chi connectivity index (χ0n) is 14.5. The SMILES string of the molecule is CCC(C)(C)C(=O)N1Cc2[nH]nc(Nc3cccc(OC)n3)c2C1. The van der Waals surface area contributed by atoms with Crippen LogP contribution in [0, 0.1) is 5.41 Å². The number of ether oxygens (including phenoxy) is 1. The fraction of sp³-hybridized carbons (Fsp3) is 0.471. The first kappa shape index (κ1) is 16.3. The quantitative estimate of drug-likeness (QED) is 0.881. The highest BCUT2D eigenvalue weighted by molar-refractivity contribution is 5.82. The first-order chi connectivity index (χ1) is 11.4. The lowest BCUT2D eigenvalue weighted by atomic mass is 9.88. The first-order valence-corrected chi connectivity index (χ1v) is 8.08. The number of hydrogen-bond acceptors (Lipinski definition) is 5. The summed E-state index contributed by atoms with van der Waals surface area (Å²) >= 11 is 0. The van der Waals surface area contributed by atoms with E-state index in [1.807, 2.05) is 37.8 Å². The summed E-state index contributed by atoms with van der Waals surface area (Å²) in [7, 11) is 1.58. The molecular weight excluding hydrogens is 306 g/mol. The van der Waals surface area contributed by atoms with E-state index in [-0.39, 0.29) is 11.3 Å². The topological polar surface area (TPSA) is 83.1 Å². The molecule has 0 bridgehead atoms. The molecule has 3 heterocycles. The number of nitrogens with one attached hydrogen (secondary N) is 2. The number of aromatic amines is 1. The fourth-order valence-electron chi connectivity index (χ4n) is 2.69. The van der Waals surface area contributed by atoms with Gasteiger partial charge in [-0.2, -0.15) is 10.1 Å². The Morgan fingerprint density at radius 1 is 1.42 bits per heavy atom. The highest BCUT2D eigenvalue weighted by Gasteiger charge is 2.35. The van der Waals surface area contributed by atoms with Gasteiger partial charge in [-0.15, -0.1) is 0 Å². The highest BCUT2D eigenvalue weighted by atomic mass is 16.5. The predicted octanol–water partition coefficient (Wildman–Crippen LogP) is 2.84. The minimum Gasteiger partial charge on any atom is -0.481 e. The molecular formula is C17H23N5O2. The molecule has 1 aliphatic heterocycles. The summed E-state index contributed by atoms with van der Waals surface area (Å²) in [5.41, 5.74) is 1.64. The maximum absolute atomic E-state index is 12.7. The molecule has 128 valence electrons. The number of hydrogen-bond donors (Lipinski definition) is 2. The van der Waals surface area contributed by atoms with E-state index in [1.54, 1.807) is 13.2 Å². The Hall–Kier alpha value is -2.57. The van der Waals surface area contributed by atoms with E-state index >= 15 is 0 Å². The predicted molar refractivity (Wildman–Crippen MR) is 91.0 cm³/mol. The van der Waals surface area contributed by atoms with E-state index < -0.39 is 0 Å². The molecule has 0 saturated heterocycles. The van der Waals surface area contributed by atoms with Gasteiger partial charge in [-0.25, -0.2) is 0 Å². The molecule has 0 aliphatic carbocycles. The second-order valence-electron chi connectivity index (χ2n) is 6.62. The van der Waals surface area contributed by atoms with Crippen molar-refractivity contribution in [3.8, 4) is 5.88 Å². The molecule has 2 aromatic heterocycles. The molecule has 0 saturated carbocycles. The average Bonchev–Trinajstić information content (AvgIpc) is 3.16. The van der Waals surface area contributed by atoms with Crippen LogP contribution in [0.2, 0.25) is 0 Å². The number of carbonyl (C=O) groups is 1. The third kappa shape index (κ3) is 2.93. The summed E-state index contributed by atoms with van der Waals surface area (Å²) in [6.07, 6.45) is 0.813. The molecule has 0 atom stereocenters. The summed E-state index contributed by atoms with van der Waals surface area (Å²) in [6.45, 7) is 7.13. The van der Waals surface area contributed by atoms with Crippen LogP contribution in [0.1, 0.15) is 38.4 Å². The lowest BCUT2D eigenvalue weighted by Crippen LogP contribution is -2.37. The van der Waals surface area contributed by atoms with Crippen molar-refractivity contribution in [2.75, 3.05) is 12.4 Å². The molecule has 24 heavy (non-hydrogen) atoms. The molecule has 0 radical (unpaired) electrons. The number of H-pyrrole nitrogens is 1. The second kappa shape index (κ2) is 6.14. The fourth-order valence-corrected chi connectivity index (χ4v) is 2.69. The van der Waals surface area contributed by atoms with E-state index in [0.29, 0.717) is 30.6 Å². The van der Waals surface area contributed by atoms with Crippen LogP contribution in [-0.2, 0) is 17.9 Å². The number of amides is 1. The van der Waals surface area contributed by atoms with Crippen LogP contribution in [0.4, 0.5) is 11.6 Å². The molecule has 7 nitrogen and oxygen atoms in total. The molecule has 0 aromatic carbocycles. The van der Waals surface area contributed by atoms with Crippen molar-refractivity contribution in [3.05, 3.63) is 29.5 Å². The van der Waals surface area contributed by atoms with Gasteiger partial charge < -0.3 is 15.0 Å². The number of nitrogens with zero attached hydrogens (tertiary/aromatic N) is 3. The Morgan fingerprint density at radius 2 is 2.21 bits per heavy atom. The maximum Gasteiger partial charge on any atom is 0.228 e. The number of pyridine rings is 1. The number of carbonyl (C=O) groups excluding carboxylic acids is 1. The molecule has 3 rings (SSSR count). The average molecular weight is 329 g/mol. The van der Waals surface area contributed by atoms with Crippen LogP contribution >= 0.6 is 0 Å². The Balaban J connectivity index is 1.77. The van der Waals surface area contributed by atoms with Gasteiger partial charge in [0.2, 0.25) is 11.8 Å². The number of aromatic nitrogens is 3. The third-order valence-corrected chi connectivity index (χ3v) is 4.58.